The van der Waals surface area contributed by atoms with Gasteiger partial charge in [-0.15, -0.1) is 0 Å². The molecule has 1 atom stereocenters. The number of aryl methyl sites for hydroxylation is 2. The van der Waals surface area contributed by atoms with Gasteiger partial charge in [0, 0.05) is 0 Å². The third kappa shape index (κ3) is 2.28. The summed E-state index contributed by atoms with van der Waals surface area (Å²) in [6.45, 7) is 6.10. The van der Waals surface area contributed by atoms with E-state index in [4.69, 9.17) is 0 Å². The van der Waals surface area contributed by atoms with Gasteiger partial charge in [-0.25, -0.2) is 0 Å². The van der Waals surface area contributed by atoms with Gasteiger partial charge in [-0.1, -0.05) is 23.8 Å². The molecule has 0 spiro atoms. The summed E-state index contributed by atoms with van der Waals surface area (Å²) in [5.74, 6) is 0. The van der Waals surface area contributed by atoms with Crippen molar-refractivity contribution in [2.24, 2.45) is 0 Å². The molecule has 1 aliphatic heterocycles. The van der Waals surface area contributed by atoms with E-state index in [1.165, 1.54) is 11.1 Å². The Morgan fingerprint density at radius 2 is 2.00 bits per heavy atom. The summed E-state index contributed by atoms with van der Waals surface area (Å²) in [7, 11) is 0. The topological polar surface area (TPSA) is 32.3 Å². The zero-order valence-corrected chi connectivity index (χ0v) is 10.2. The number of aliphatic hydroxyl groups is 1. The van der Waals surface area contributed by atoms with Crippen LogP contribution in [0.4, 0.5) is 0 Å². The van der Waals surface area contributed by atoms with Crippen molar-refractivity contribution in [3.05, 3.63) is 34.9 Å². The first-order valence-corrected chi connectivity index (χ1v) is 6.13. The molecule has 0 saturated carbocycles. The molecule has 2 nitrogen and oxygen atoms in total. The van der Waals surface area contributed by atoms with Crippen molar-refractivity contribution < 1.29 is 5.11 Å². The van der Waals surface area contributed by atoms with E-state index < -0.39 is 5.60 Å². The summed E-state index contributed by atoms with van der Waals surface area (Å²) >= 11 is 0. The van der Waals surface area contributed by atoms with Crippen molar-refractivity contribution >= 4 is 0 Å². The molecular weight excluding hydrogens is 198 g/mol. The first kappa shape index (κ1) is 11.6. The van der Waals surface area contributed by atoms with Gasteiger partial charge in [-0.2, -0.15) is 0 Å². The smallest absolute Gasteiger partial charge is 0.0911 e. The van der Waals surface area contributed by atoms with Crippen molar-refractivity contribution in [2.75, 3.05) is 13.1 Å². The minimum atomic E-state index is -0.625. The molecule has 0 amide bonds. The van der Waals surface area contributed by atoms with E-state index in [0.29, 0.717) is 0 Å². The van der Waals surface area contributed by atoms with Crippen LogP contribution in [0.3, 0.4) is 0 Å². The number of benzene rings is 1. The Morgan fingerprint density at radius 1 is 1.19 bits per heavy atom. The standard InChI is InChI=1S/C14H21NO/c1-11-4-5-12(2)13(10-11)14(16)6-3-8-15-9-7-14/h4-5,10,15-16H,3,6-9H2,1-2H3. The second-order valence-electron chi connectivity index (χ2n) is 4.95. The van der Waals surface area contributed by atoms with Crippen LogP contribution >= 0.6 is 0 Å². The van der Waals surface area contributed by atoms with Crippen molar-refractivity contribution in [2.45, 2.75) is 38.7 Å². The Morgan fingerprint density at radius 3 is 2.81 bits per heavy atom. The summed E-state index contributed by atoms with van der Waals surface area (Å²) in [5.41, 5.74) is 2.93. The summed E-state index contributed by atoms with van der Waals surface area (Å²) in [4.78, 5) is 0. The molecule has 0 aromatic heterocycles. The number of hydrogen-bond donors (Lipinski definition) is 2. The summed E-state index contributed by atoms with van der Waals surface area (Å²) in [6.07, 6.45) is 2.73. The third-order valence-corrected chi connectivity index (χ3v) is 3.55. The highest BCUT2D eigenvalue weighted by atomic mass is 16.3. The van der Waals surface area contributed by atoms with E-state index in [9.17, 15) is 5.11 Å². The summed E-state index contributed by atoms with van der Waals surface area (Å²) in [5, 5.41) is 14.1. The van der Waals surface area contributed by atoms with Crippen LogP contribution in [-0.2, 0) is 5.60 Å². The van der Waals surface area contributed by atoms with Crippen molar-refractivity contribution in [1.82, 2.24) is 5.32 Å². The van der Waals surface area contributed by atoms with Crippen LogP contribution in [0.5, 0.6) is 0 Å². The average molecular weight is 219 g/mol. The molecule has 1 aromatic carbocycles. The summed E-state index contributed by atoms with van der Waals surface area (Å²) in [6, 6.07) is 6.36. The van der Waals surface area contributed by atoms with E-state index in [1.807, 2.05) is 0 Å². The van der Waals surface area contributed by atoms with Gasteiger partial charge < -0.3 is 10.4 Å². The third-order valence-electron chi connectivity index (χ3n) is 3.55. The maximum absolute atomic E-state index is 10.8. The van der Waals surface area contributed by atoms with Crippen LogP contribution in [-0.4, -0.2) is 18.2 Å². The minimum Gasteiger partial charge on any atom is -0.385 e. The Bertz CT molecular complexity index is 365. The molecule has 0 radical (unpaired) electrons. The van der Waals surface area contributed by atoms with E-state index in [1.54, 1.807) is 0 Å². The van der Waals surface area contributed by atoms with Crippen molar-refractivity contribution in [3.8, 4) is 0 Å². The molecule has 88 valence electrons. The number of hydrogen-bond acceptors (Lipinski definition) is 2. The molecule has 2 heteroatoms. The fourth-order valence-electron chi connectivity index (χ4n) is 2.56. The van der Waals surface area contributed by atoms with Crippen LogP contribution < -0.4 is 5.32 Å². The first-order chi connectivity index (χ1) is 7.62. The Hall–Kier alpha value is -0.860. The van der Waals surface area contributed by atoms with Gasteiger partial charge in [0.2, 0.25) is 0 Å². The molecule has 1 unspecified atom stereocenters. The summed E-state index contributed by atoms with van der Waals surface area (Å²) < 4.78 is 0. The SMILES string of the molecule is Cc1ccc(C)c(C2(O)CCCNCC2)c1. The molecule has 1 aromatic rings. The normalized spacial score (nSPS) is 26.4. The van der Waals surface area contributed by atoms with Crippen LogP contribution in [0, 0.1) is 13.8 Å². The van der Waals surface area contributed by atoms with Crippen molar-refractivity contribution in [1.29, 1.82) is 0 Å². The van der Waals surface area contributed by atoms with Gasteiger partial charge in [0.05, 0.1) is 5.60 Å². The largest absolute Gasteiger partial charge is 0.385 e. The van der Waals surface area contributed by atoms with E-state index >= 15 is 0 Å². The monoisotopic (exact) mass is 219 g/mol. The molecule has 1 fully saturated rings. The number of rotatable bonds is 1. The van der Waals surface area contributed by atoms with Gasteiger partial charge in [0.1, 0.15) is 0 Å². The first-order valence-electron chi connectivity index (χ1n) is 6.13. The van der Waals surface area contributed by atoms with Gasteiger partial charge in [-0.3, -0.25) is 0 Å². The molecule has 2 N–H and O–H groups in total. The second-order valence-corrected chi connectivity index (χ2v) is 4.95. The van der Waals surface area contributed by atoms with E-state index in [2.05, 4.69) is 37.4 Å². The second kappa shape index (κ2) is 4.56. The van der Waals surface area contributed by atoms with Gasteiger partial charge in [-0.05, 0) is 57.3 Å². The zero-order chi connectivity index (χ0) is 11.6. The van der Waals surface area contributed by atoms with Crippen LogP contribution in [0.25, 0.3) is 0 Å². The quantitative estimate of drug-likeness (QED) is 0.759. The Labute approximate surface area is 97.7 Å². The lowest BCUT2D eigenvalue weighted by atomic mass is 9.83. The Kier molecular flexibility index (Phi) is 3.31. The molecule has 2 rings (SSSR count). The van der Waals surface area contributed by atoms with Gasteiger partial charge in [0.15, 0.2) is 0 Å². The van der Waals surface area contributed by atoms with Gasteiger partial charge in [0.25, 0.3) is 0 Å². The highest BCUT2D eigenvalue weighted by Gasteiger charge is 2.31. The lowest BCUT2D eigenvalue weighted by molar-refractivity contribution is 0.0234. The maximum atomic E-state index is 10.8. The fraction of sp³-hybridized carbons (Fsp3) is 0.571. The predicted molar refractivity (Wildman–Crippen MR) is 66.5 cm³/mol. The molecular formula is C14H21NO. The van der Waals surface area contributed by atoms with Crippen molar-refractivity contribution in [3.63, 3.8) is 0 Å². The lowest BCUT2D eigenvalue weighted by Gasteiger charge is -2.29. The van der Waals surface area contributed by atoms with Crippen LogP contribution in [0.15, 0.2) is 18.2 Å². The molecule has 16 heavy (non-hydrogen) atoms. The van der Waals surface area contributed by atoms with E-state index in [-0.39, 0.29) is 0 Å². The number of nitrogens with one attached hydrogen (secondary N) is 1. The lowest BCUT2D eigenvalue weighted by Crippen LogP contribution is -2.28. The van der Waals surface area contributed by atoms with Gasteiger partial charge >= 0.3 is 0 Å². The molecule has 1 aliphatic rings. The van der Waals surface area contributed by atoms with E-state index in [0.717, 1.165) is 37.9 Å². The minimum absolute atomic E-state index is 0.625. The zero-order valence-electron chi connectivity index (χ0n) is 10.2. The maximum Gasteiger partial charge on any atom is 0.0911 e. The molecule has 1 heterocycles. The Balaban J connectivity index is 2.36. The molecule has 1 saturated heterocycles. The molecule has 0 bridgehead atoms. The van der Waals surface area contributed by atoms with Crippen LogP contribution in [0.2, 0.25) is 0 Å². The predicted octanol–water partition coefficient (Wildman–Crippen LogP) is 2.26. The van der Waals surface area contributed by atoms with Crippen LogP contribution in [0.1, 0.15) is 36.0 Å². The fourth-order valence-corrected chi connectivity index (χ4v) is 2.56. The highest BCUT2D eigenvalue weighted by Crippen LogP contribution is 2.33. The highest BCUT2D eigenvalue weighted by molar-refractivity contribution is 5.35. The average Bonchev–Trinajstić information content (AvgIpc) is 2.48. The molecule has 0 aliphatic carbocycles.